The number of carbonyl (C=O) groups is 1. The van der Waals surface area contributed by atoms with E-state index in [9.17, 15) is 22.8 Å². The van der Waals surface area contributed by atoms with Gasteiger partial charge in [0.2, 0.25) is 0 Å². The number of nitrogens with zero attached hydrogens (tertiary/aromatic N) is 3. The third-order valence-electron chi connectivity index (χ3n) is 4.28. The molecule has 0 bridgehead atoms. The quantitative estimate of drug-likeness (QED) is 0.866. The predicted molar refractivity (Wildman–Crippen MR) is 77.5 cm³/mol. The lowest BCUT2D eigenvalue weighted by atomic mass is 9.96. The second-order valence-electron chi connectivity index (χ2n) is 5.80. The van der Waals surface area contributed by atoms with Crippen molar-refractivity contribution in [3.8, 4) is 0 Å². The molecule has 10 heteroatoms. The summed E-state index contributed by atoms with van der Waals surface area (Å²) in [5.41, 5.74) is -1.31. The second kappa shape index (κ2) is 5.84. The first-order valence-electron chi connectivity index (χ1n) is 7.44. The highest BCUT2D eigenvalue weighted by molar-refractivity contribution is 5.92. The van der Waals surface area contributed by atoms with Gasteiger partial charge in [-0.2, -0.15) is 18.3 Å². The molecule has 2 aromatic rings. The van der Waals surface area contributed by atoms with Crippen molar-refractivity contribution in [2.75, 3.05) is 13.1 Å². The summed E-state index contributed by atoms with van der Waals surface area (Å²) in [4.78, 5) is 27.3. The topological polar surface area (TPSA) is 86.8 Å². The maximum atomic E-state index is 12.6. The number of rotatable bonds is 2. The molecular formula is C14H16F3N5O2. The molecule has 1 fully saturated rings. The normalized spacial score (nSPS) is 16.6. The molecule has 1 aliphatic heterocycles. The van der Waals surface area contributed by atoms with Crippen LogP contribution < -0.4 is 5.69 Å². The first-order chi connectivity index (χ1) is 11.3. The minimum atomic E-state index is -4.50. The van der Waals surface area contributed by atoms with E-state index in [0.29, 0.717) is 31.8 Å². The molecule has 0 atom stereocenters. The molecule has 24 heavy (non-hydrogen) atoms. The van der Waals surface area contributed by atoms with Crippen molar-refractivity contribution >= 4 is 5.91 Å². The Kier molecular flexibility index (Phi) is 3.98. The van der Waals surface area contributed by atoms with E-state index in [0.717, 1.165) is 12.1 Å². The van der Waals surface area contributed by atoms with Gasteiger partial charge in [0.25, 0.3) is 5.91 Å². The lowest BCUT2D eigenvalue weighted by Gasteiger charge is -2.31. The van der Waals surface area contributed by atoms with Gasteiger partial charge in [-0.1, -0.05) is 0 Å². The number of amides is 1. The molecule has 1 aliphatic rings. The summed E-state index contributed by atoms with van der Waals surface area (Å²) in [6.45, 7) is 0.788. The van der Waals surface area contributed by atoms with Crippen LogP contribution in [0.25, 0.3) is 0 Å². The summed E-state index contributed by atoms with van der Waals surface area (Å²) in [5.74, 6) is 0.207. The molecule has 3 heterocycles. The summed E-state index contributed by atoms with van der Waals surface area (Å²) in [7, 11) is 1.62. The number of piperidine rings is 1. The minimum Gasteiger partial charge on any atom is -0.347 e. The van der Waals surface area contributed by atoms with Crippen LogP contribution in [0.4, 0.5) is 13.2 Å². The third-order valence-corrected chi connectivity index (χ3v) is 4.28. The van der Waals surface area contributed by atoms with Crippen molar-refractivity contribution in [2.45, 2.75) is 24.9 Å². The number of nitrogens with one attached hydrogen (secondary N) is 2. The Morgan fingerprint density at radius 1 is 1.29 bits per heavy atom. The molecule has 0 saturated carbocycles. The average Bonchev–Trinajstić information content (AvgIpc) is 3.15. The van der Waals surface area contributed by atoms with Gasteiger partial charge >= 0.3 is 11.9 Å². The first kappa shape index (κ1) is 16.3. The van der Waals surface area contributed by atoms with Crippen LogP contribution in [0.5, 0.6) is 0 Å². The lowest BCUT2D eigenvalue weighted by Crippen LogP contribution is -2.38. The fourth-order valence-corrected chi connectivity index (χ4v) is 2.92. The van der Waals surface area contributed by atoms with Crippen LogP contribution in [0.15, 0.2) is 16.9 Å². The van der Waals surface area contributed by atoms with Crippen molar-refractivity contribution < 1.29 is 18.0 Å². The van der Waals surface area contributed by atoms with E-state index < -0.39 is 17.8 Å². The number of hydrogen-bond acceptors (Lipinski definition) is 3. The number of aromatic amines is 2. The molecule has 1 amide bonds. The van der Waals surface area contributed by atoms with E-state index >= 15 is 0 Å². The van der Waals surface area contributed by atoms with E-state index in [-0.39, 0.29) is 17.3 Å². The number of halogens is 3. The molecular weight excluding hydrogens is 327 g/mol. The zero-order chi connectivity index (χ0) is 17.5. The van der Waals surface area contributed by atoms with E-state index in [1.165, 1.54) is 9.47 Å². The Bertz CT molecular complexity index is 796. The third kappa shape index (κ3) is 2.95. The maximum absolute atomic E-state index is 12.6. The van der Waals surface area contributed by atoms with Crippen LogP contribution in [0.2, 0.25) is 0 Å². The van der Waals surface area contributed by atoms with Crippen molar-refractivity contribution in [1.29, 1.82) is 0 Å². The largest absolute Gasteiger partial charge is 0.431 e. The lowest BCUT2D eigenvalue weighted by molar-refractivity contribution is -0.140. The molecule has 130 valence electrons. The van der Waals surface area contributed by atoms with Gasteiger partial charge in [0.05, 0.1) is 0 Å². The minimum absolute atomic E-state index is 0.0346. The van der Waals surface area contributed by atoms with Gasteiger partial charge < -0.3 is 9.88 Å². The van der Waals surface area contributed by atoms with E-state index in [1.807, 2.05) is 0 Å². The SMILES string of the molecule is Cn1c(C2CCN(C(=O)c3ccc(C(F)(F)F)[nH]3)CC2)n[nH]c1=O. The van der Waals surface area contributed by atoms with Crippen molar-refractivity contribution in [3.63, 3.8) is 0 Å². The fraction of sp³-hybridized carbons (Fsp3) is 0.500. The number of likely N-dealkylation sites (tertiary alicyclic amines) is 1. The second-order valence-corrected chi connectivity index (χ2v) is 5.80. The Labute approximate surface area is 134 Å². The molecule has 0 unspecified atom stereocenters. The molecule has 1 saturated heterocycles. The summed E-state index contributed by atoms with van der Waals surface area (Å²) in [5, 5.41) is 6.36. The van der Waals surface area contributed by atoms with Crippen LogP contribution in [0, 0.1) is 0 Å². The van der Waals surface area contributed by atoms with E-state index in [1.54, 1.807) is 7.05 Å². The zero-order valence-corrected chi connectivity index (χ0v) is 12.9. The Morgan fingerprint density at radius 2 is 1.96 bits per heavy atom. The molecule has 7 nitrogen and oxygen atoms in total. The maximum Gasteiger partial charge on any atom is 0.431 e. The summed E-state index contributed by atoms with van der Waals surface area (Å²) in [6.07, 6.45) is -3.32. The molecule has 0 aliphatic carbocycles. The summed E-state index contributed by atoms with van der Waals surface area (Å²) >= 11 is 0. The highest BCUT2D eigenvalue weighted by Crippen LogP contribution is 2.29. The molecule has 0 spiro atoms. The van der Waals surface area contributed by atoms with Crippen LogP contribution in [0.3, 0.4) is 0 Å². The molecule has 2 N–H and O–H groups in total. The van der Waals surface area contributed by atoms with Gasteiger partial charge in [-0.3, -0.25) is 9.36 Å². The predicted octanol–water partition coefficient (Wildman–Crippen LogP) is 1.48. The molecule has 0 aromatic carbocycles. The van der Waals surface area contributed by atoms with Crippen LogP contribution >= 0.6 is 0 Å². The van der Waals surface area contributed by atoms with Gasteiger partial charge in [0, 0.05) is 26.1 Å². The highest BCUT2D eigenvalue weighted by atomic mass is 19.4. The van der Waals surface area contributed by atoms with Crippen LogP contribution in [-0.4, -0.2) is 43.6 Å². The Hall–Kier alpha value is -2.52. The first-order valence-corrected chi connectivity index (χ1v) is 7.44. The monoisotopic (exact) mass is 343 g/mol. The van der Waals surface area contributed by atoms with E-state index in [4.69, 9.17) is 0 Å². The van der Waals surface area contributed by atoms with Gasteiger partial charge in [-0.05, 0) is 25.0 Å². The highest BCUT2D eigenvalue weighted by Gasteiger charge is 2.34. The van der Waals surface area contributed by atoms with E-state index in [2.05, 4.69) is 15.2 Å². The Balaban J connectivity index is 1.66. The molecule has 3 rings (SSSR count). The van der Waals surface area contributed by atoms with Crippen LogP contribution in [-0.2, 0) is 13.2 Å². The van der Waals surface area contributed by atoms with Gasteiger partial charge in [0.1, 0.15) is 17.2 Å². The average molecular weight is 343 g/mol. The van der Waals surface area contributed by atoms with Crippen molar-refractivity contribution in [1.82, 2.24) is 24.6 Å². The number of hydrogen-bond donors (Lipinski definition) is 2. The van der Waals surface area contributed by atoms with Gasteiger partial charge in [0.15, 0.2) is 0 Å². The molecule has 0 radical (unpaired) electrons. The van der Waals surface area contributed by atoms with Crippen molar-refractivity contribution in [3.05, 3.63) is 39.8 Å². The standard InChI is InChI=1S/C14H16F3N5O2/c1-21-11(19-20-13(21)24)8-4-6-22(7-5-8)12(23)9-2-3-10(18-9)14(15,16)17/h2-3,8,18H,4-7H2,1H3,(H,20,24). The van der Waals surface area contributed by atoms with Crippen LogP contribution in [0.1, 0.15) is 40.8 Å². The summed E-state index contributed by atoms with van der Waals surface area (Å²) in [6, 6.07) is 2.01. The number of alkyl halides is 3. The van der Waals surface area contributed by atoms with Gasteiger partial charge in [-0.15, -0.1) is 0 Å². The number of carbonyl (C=O) groups excluding carboxylic acids is 1. The number of aromatic nitrogens is 4. The number of H-pyrrole nitrogens is 2. The fourth-order valence-electron chi connectivity index (χ4n) is 2.92. The van der Waals surface area contributed by atoms with Gasteiger partial charge in [-0.25, -0.2) is 9.89 Å². The smallest absolute Gasteiger partial charge is 0.347 e. The summed E-state index contributed by atoms with van der Waals surface area (Å²) < 4.78 is 39.2. The van der Waals surface area contributed by atoms with Crippen molar-refractivity contribution in [2.24, 2.45) is 7.05 Å². The molecule has 2 aromatic heterocycles. The zero-order valence-electron chi connectivity index (χ0n) is 12.9. The Morgan fingerprint density at radius 3 is 2.46 bits per heavy atom.